The third-order valence-electron chi connectivity index (χ3n) is 2.69. The maximum atomic E-state index is 11.0. The van der Waals surface area contributed by atoms with Gasteiger partial charge in [0.1, 0.15) is 5.75 Å². The van der Waals surface area contributed by atoms with Gasteiger partial charge in [0.15, 0.2) is 6.07 Å². The van der Waals surface area contributed by atoms with E-state index in [1.54, 1.807) is 24.3 Å². The van der Waals surface area contributed by atoms with Crippen molar-refractivity contribution in [1.29, 1.82) is 0 Å². The molecule has 2 aromatic rings. The molecule has 101 valence electrons. The lowest BCUT2D eigenvalue weighted by molar-refractivity contribution is -0.394. The summed E-state index contributed by atoms with van der Waals surface area (Å²) in [6.45, 7) is 0. The number of hydrogen-bond acceptors (Lipinski definition) is 5. The van der Waals surface area contributed by atoms with Gasteiger partial charge in [-0.25, -0.2) is 0 Å². The van der Waals surface area contributed by atoms with E-state index in [9.17, 15) is 20.2 Å². The number of rotatable bonds is 4. The number of hydrogen-bond donors (Lipinski definition) is 0. The van der Waals surface area contributed by atoms with Crippen LogP contribution in [-0.2, 0) is 0 Å². The molecule has 0 unspecified atom stereocenters. The van der Waals surface area contributed by atoms with Gasteiger partial charge in [0.2, 0.25) is 0 Å². The molecule has 0 atom stereocenters. The topological polar surface area (TPSA) is 95.5 Å². The van der Waals surface area contributed by atoms with E-state index in [2.05, 4.69) is 6.07 Å². The Morgan fingerprint density at radius 3 is 2.15 bits per heavy atom. The zero-order valence-corrected chi connectivity index (χ0v) is 10.4. The predicted molar refractivity (Wildman–Crippen MR) is 70.6 cm³/mol. The quantitative estimate of drug-likeness (QED) is 0.630. The fourth-order valence-electron chi connectivity index (χ4n) is 1.73. The van der Waals surface area contributed by atoms with Crippen molar-refractivity contribution in [2.24, 2.45) is 0 Å². The molecule has 0 bridgehead atoms. The van der Waals surface area contributed by atoms with Gasteiger partial charge in [-0.3, -0.25) is 20.2 Å². The fourth-order valence-corrected chi connectivity index (χ4v) is 1.73. The first kappa shape index (κ1) is 13.5. The summed E-state index contributed by atoms with van der Waals surface area (Å²) in [5, 5.41) is 21.7. The van der Waals surface area contributed by atoms with Crippen molar-refractivity contribution in [3.8, 4) is 16.9 Å². The third-order valence-corrected chi connectivity index (χ3v) is 2.69. The Hall–Kier alpha value is -2.96. The van der Waals surface area contributed by atoms with Crippen LogP contribution >= 0.6 is 0 Å². The van der Waals surface area contributed by atoms with E-state index in [0.717, 1.165) is 0 Å². The second kappa shape index (κ2) is 5.35. The SMILES string of the molecule is COc1ccc(-c2ccc([N+](=O)[O-])[c]c2[N+](=O)[O-])cc1. The minimum absolute atomic E-state index is 0.267. The Morgan fingerprint density at radius 1 is 1.00 bits per heavy atom. The molecule has 0 amide bonds. The fraction of sp³-hybridized carbons (Fsp3) is 0.0769. The summed E-state index contributed by atoms with van der Waals surface area (Å²) in [7, 11) is 1.51. The van der Waals surface area contributed by atoms with E-state index >= 15 is 0 Å². The van der Waals surface area contributed by atoms with E-state index < -0.39 is 21.2 Å². The summed E-state index contributed by atoms with van der Waals surface area (Å²) >= 11 is 0. The molecule has 0 aromatic heterocycles. The lowest BCUT2D eigenvalue weighted by atomic mass is 10.0. The van der Waals surface area contributed by atoms with Crippen LogP contribution in [-0.4, -0.2) is 17.0 Å². The van der Waals surface area contributed by atoms with Gasteiger partial charge in [-0.2, -0.15) is 0 Å². The Kier molecular flexibility index (Phi) is 3.60. The van der Waals surface area contributed by atoms with Crippen molar-refractivity contribution in [2.45, 2.75) is 0 Å². The Balaban J connectivity index is 2.54. The highest BCUT2D eigenvalue weighted by molar-refractivity contribution is 5.75. The third kappa shape index (κ3) is 2.56. The highest BCUT2D eigenvalue weighted by atomic mass is 16.6. The van der Waals surface area contributed by atoms with Gasteiger partial charge in [0.05, 0.1) is 22.5 Å². The average molecular weight is 273 g/mol. The lowest BCUT2D eigenvalue weighted by Gasteiger charge is -2.04. The summed E-state index contributed by atoms with van der Waals surface area (Å²) in [5.74, 6) is 0.613. The van der Waals surface area contributed by atoms with Crippen molar-refractivity contribution >= 4 is 11.4 Å². The average Bonchev–Trinajstić information content (AvgIpc) is 2.46. The van der Waals surface area contributed by atoms with Crippen LogP contribution in [0.5, 0.6) is 5.75 Å². The number of nitrogens with zero attached hydrogens (tertiary/aromatic N) is 2. The molecule has 0 spiro atoms. The minimum atomic E-state index is -0.717. The number of nitro benzene ring substituents is 2. The highest BCUT2D eigenvalue weighted by Crippen LogP contribution is 2.33. The molecule has 0 N–H and O–H groups in total. The molecule has 2 aromatic carbocycles. The number of benzene rings is 2. The van der Waals surface area contributed by atoms with Crippen LogP contribution in [0.2, 0.25) is 0 Å². The Labute approximate surface area is 113 Å². The van der Waals surface area contributed by atoms with Gasteiger partial charge in [-0.15, -0.1) is 0 Å². The molecule has 0 heterocycles. The van der Waals surface area contributed by atoms with E-state index in [1.807, 2.05) is 0 Å². The van der Waals surface area contributed by atoms with E-state index in [0.29, 0.717) is 11.3 Å². The maximum absolute atomic E-state index is 11.0. The minimum Gasteiger partial charge on any atom is -0.497 e. The molecule has 0 aliphatic rings. The van der Waals surface area contributed by atoms with Crippen molar-refractivity contribution in [1.82, 2.24) is 0 Å². The van der Waals surface area contributed by atoms with Crippen molar-refractivity contribution in [3.63, 3.8) is 0 Å². The number of ether oxygens (including phenoxy) is 1. The molecule has 1 radical (unpaired) electrons. The first-order chi connectivity index (χ1) is 9.52. The van der Waals surface area contributed by atoms with E-state index in [1.165, 1.54) is 19.2 Å². The number of non-ortho nitro benzene ring substituents is 1. The molecular weight excluding hydrogens is 264 g/mol. The standard InChI is InChI=1S/C13H9N2O5/c1-20-11-5-2-9(3-6-11)12-7-4-10(14(16)17)8-13(12)15(18)19/h2-7H,1H3. The van der Waals surface area contributed by atoms with Gasteiger partial charge < -0.3 is 4.74 Å². The van der Waals surface area contributed by atoms with Gasteiger partial charge in [0, 0.05) is 6.07 Å². The molecular formula is C13H9N2O5. The largest absolute Gasteiger partial charge is 0.497 e. The summed E-state index contributed by atoms with van der Waals surface area (Å²) in [4.78, 5) is 20.3. The zero-order chi connectivity index (χ0) is 14.7. The van der Waals surface area contributed by atoms with Crippen LogP contribution in [0, 0.1) is 26.3 Å². The number of methoxy groups -OCH3 is 1. The monoisotopic (exact) mass is 273 g/mol. The number of nitro groups is 2. The molecule has 0 saturated carbocycles. The molecule has 0 aliphatic heterocycles. The summed E-state index contributed by atoms with van der Waals surface area (Å²) in [6.07, 6.45) is 0. The second-order valence-corrected chi connectivity index (χ2v) is 3.85. The molecule has 0 fully saturated rings. The molecule has 20 heavy (non-hydrogen) atoms. The normalized spacial score (nSPS) is 10.1. The molecule has 0 saturated heterocycles. The molecule has 7 heteroatoms. The van der Waals surface area contributed by atoms with Crippen LogP contribution < -0.4 is 4.74 Å². The molecule has 7 nitrogen and oxygen atoms in total. The summed E-state index contributed by atoms with van der Waals surface area (Å²) in [6, 6.07) is 11.3. The van der Waals surface area contributed by atoms with Crippen LogP contribution in [0.1, 0.15) is 0 Å². The van der Waals surface area contributed by atoms with Gasteiger partial charge >= 0.3 is 0 Å². The van der Waals surface area contributed by atoms with E-state index in [4.69, 9.17) is 4.74 Å². The van der Waals surface area contributed by atoms with Crippen molar-refractivity contribution in [3.05, 3.63) is 62.7 Å². The van der Waals surface area contributed by atoms with E-state index in [-0.39, 0.29) is 5.56 Å². The molecule has 2 rings (SSSR count). The van der Waals surface area contributed by atoms with Gasteiger partial charge in [0.25, 0.3) is 11.4 Å². The van der Waals surface area contributed by atoms with Gasteiger partial charge in [-0.1, -0.05) is 12.1 Å². The lowest BCUT2D eigenvalue weighted by Crippen LogP contribution is -1.95. The van der Waals surface area contributed by atoms with Gasteiger partial charge in [-0.05, 0) is 23.8 Å². The highest BCUT2D eigenvalue weighted by Gasteiger charge is 2.21. The van der Waals surface area contributed by atoms with Crippen LogP contribution in [0.15, 0.2) is 36.4 Å². The molecule has 0 aliphatic carbocycles. The maximum Gasteiger partial charge on any atom is 0.292 e. The van der Waals surface area contributed by atoms with Crippen LogP contribution in [0.25, 0.3) is 11.1 Å². The summed E-state index contributed by atoms with van der Waals surface area (Å²) in [5.41, 5.74) is -0.0368. The second-order valence-electron chi connectivity index (χ2n) is 3.85. The first-order valence-corrected chi connectivity index (χ1v) is 5.52. The summed E-state index contributed by atoms with van der Waals surface area (Å²) < 4.78 is 5.00. The Bertz CT molecular complexity index is 667. The predicted octanol–water partition coefficient (Wildman–Crippen LogP) is 2.98. The first-order valence-electron chi connectivity index (χ1n) is 5.52. The van der Waals surface area contributed by atoms with Crippen LogP contribution in [0.4, 0.5) is 11.4 Å². The zero-order valence-electron chi connectivity index (χ0n) is 10.4. The van der Waals surface area contributed by atoms with Crippen molar-refractivity contribution < 1.29 is 14.6 Å². The Morgan fingerprint density at radius 2 is 1.65 bits per heavy atom. The van der Waals surface area contributed by atoms with Crippen molar-refractivity contribution in [2.75, 3.05) is 7.11 Å². The smallest absolute Gasteiger partial charge is 0.292 e. The van der Waals surface area contributed by atoms with Crippen LogP contribution in [0.3, 0.4) is 0 Å².